The number of pyridine rings is 2. The van der Waals surface area contributed by atoms with Gasteiger partial charge in [0.1, 0.15) is 19.0 Å². The van der Waals surface area contributed by atoms with Gasteiger partial charge in [0.25, 0.3) is 11.4 Å². The topological polar surface area (TPSA) is 94.4 Å². The molecular weight excluding hydrogens is 482 g/mol. The Morgan fingerprint density at radius 1 is 1.17 bits per heavy atom. The third-order valence-electron chi connectivity index (χ3n) is 6.80. The fourth-order valence-corrected chi connectivity index (χ4v) is 5.16. The largest absolute Gasteiger partial charge is 0.484 e. The molecule has 3 aromatic rings. The molecule has 6 heterocycles. The highest BCUT2D eigenvalue weighted by Gasteiger charge is 2.45. The van der Waals surface area contributed by atoms with E-state index in [0.717, 1.165) is 24.7 Å². The van der Waals surface area contributed by atoms with Crippen molar-refractivity contribution in [3.63, 3.8) is 0 Å². The fourth-order valence-electron chi connectivity index (χ4n) is 5.16. The van der Waals surface area contributed by atoms with Gasteiger partial charge in [0.15, 0.2) is 11.4 Å². The standard InChI is InChI=1S/C23H24F2N6O3.ClH/c24-16-11-27-17-1-2-19(32)31-13-23(25,20(16)21(17)31)12-30-5-3-14(4-6-30)26-10-15-9-18-22(29-28-15)34-8-7-33-18;/h1-2,9,11,14,26H,3-8,10,12-13H2;1H. The van der Waals surface area contributed by atoms with Gasteiger partial charge in [0.2, 0.25) is 0 Å². The molecule has 0 bridgehead atoms. The highest BCUT2D eigenvalue weighted by atomic mass is 35.5. The predicted octanol–water partition coefficient (Wildman–Crippen LogP) is 1.95. The Bertz CT molecular complexity index is 1320. The fraction of sp³-hybridized carbons (Fsp3) is 0.478. The number of likely N-dealkylation sites (tertiary alicyclic amines) is 1. The Morgan fingerprint density at radius 2 is 1.97 bits per heavy atom. The van der Waals surface area contributed by atoms with Gasteiger partial charge in [0, 0.05) is 31.3 Å². The van der Waals surface area contributed by atoms with Crippen molar-refractivity contribution in [1.82, 2.24) is 30.0 Å². The van der Waals surface area contributed by atoms with Crippen LogP contribution >= 0.6 is 12.4 Å². The van der Waals surface area contributed by atoms with Crippen LogP contribution < -0.4 is 20.3 Å². The molecule has 0 aromatic carbocycles. The molecule has 35 heavy (non-hydrogen) atoms. The minimum absolute atomic E-state index is 0. The summed E-state index contributed by atoms with van der Waals surface area (Å²) in [6, 6.07) is 4.95. The van der Waals surface area contributed by atoms with Gasteiger partial charge in [-0.3, -0.25) is 14.7 Å². The summed E-state index contributed by atoms with van der Waals surface area (Å²) in [4.78, 5) is 18.3. The summed E-state index contributed by atoms with van der Waals surface area (Å²) in [6.07, 6.45) is 2.67. The molecule has 0 saturated carbocycles. The smallest absolute Gasteiger partial charge is 0.276 e. The maximum Gasteiger partial charge on any atom is 0.276 e. The number of nitrogens with zero attached hydrogens (tertiary/aromatic N) is 5. The van der Waals surface area contributed by atoms with E-state index < -0.39 is 11.5 Å². The Balaban J connectivity index is 0.00000253. The first kappa shape index (κ1) is 23.8. The zero-order valence-electron chi connectivity index (χ0n) is 18.9. The first-order chi connectivity index (χ1) is 16.5. The van der Waals surface area contributed by atoms with Crippen molar-refractivity contribution in [3.05, 3.63) is 51.8 Å². The third kappa shape index (κ3) is 4.32. The lowest BCUT2D eigenvalue weighted by atomic mass is 9.95. The number of nitrogens with one attached hydrogen (secondary N) is 1. The summed E-state index contributed by atoms with van der Waals surface area (Å²) in [5.41, 5.74) is -0.896. The molecule has 3 aliphatic rings. The van der Waals surface area contributed by atoms with Gasteiger partial charge in [-0.2, -0.15) is 5.10 Å². The molecule has 1 saturated heterocycles. The number of rotatable bonds is 5. The van der Waals surface area contributed by atoms with Gasteiger partial charge in [-0.05, 0) is 32.0 Å². The van der Waals surface area contributed by atoms with Crippen molar-refractivity contribution in [2.45, 2.75) is 37.6 Å². The highest BCUT2D eigenvalue weighted by Crippen LogP contribution is 2.41. The molecule has 3 aromatic heterocycles. The van der Waals surface area contributed by atoms with Crippen LogP contribution in [0.1, 0.15) is 24.1 Å². The summed E-state index contributed by atoms with van der Waals surface area (Å²) in [7, 11) is 0. The molecule has 0 radical (unpaired) electrons. The first-order valence-corrected chi connectivity index (χ1v) is 11.5. The number of ether oxygens (including phenoxy) is 2. The van der Waals surface area contributed by atoms with Crippen molar-refractivity contribution in [2.24, 2.45) is 0 Å². The maximum absolute atomic E-state index is 16.2. The number of halogens is 3. The summed E-state index contributed by atoms with van der Waals surface area (Å²) < 4.78 is 43.1. The number of hydrogen-bond acceptors (Lipinski definition) is 8. The van der Waals surface area contributed by atoms with Gasteiger partial charge in [-0.1, -0.05) is 0 Å². The molecule has 1 unspecified atom stereocenters. The molecule has 9 nitrogen and oxygen atoms in total. The molecule has 1 atom stereocenters. The average molecular weight is 507 g/mol. The van der Waals surface area contributed by atoms with Gasteiger partial charge >= 0.3 is 0 Å². The number of fused-ring (bicyclic) bond motifs is 1. The van der Waals surface area contributed by atoms with Crippen LogP contribution in [0, 0.1) is 5.82 Å². The van der Waals surface area contributed by atoms with E-state index in [1.165, 1.54) is 16.7 Å². The highest BCUT2D eigenvalue weighted by molar-refractivity contribution is 5.85. The van der Waals surface area contributed by atoms with Crippen LogP contribution in [-0.2, 0) is 18.8 Å². The van der Waals surface area contributed by atoms with E-state index in [2.05, 4.69) is 20.5 Å². The summed E-state index contributed by atoms with van der Waals surface area (Å²) in [5, 5.41) is 11.7. The lowest BCUT2D eigenvalue weighted by molar-refractivity contribution is 0.0636. The van der Waals surface area contributed by atoms with Crippen molar-refractivity contribution in [2.75, 3.05) is 32.8 Å². The monoisotopic (exact) mass is 506 g/mol. The van der Waals surface area contributed by atoms with Gasteiger partial charge in [-0.25, -0.2) is 8.78 Å². The van der Waals surface area contributed by atoms with Crippen molar-refractivity contribution >= 4 is 23.4 Å². The van der Waals surface area contributed by atoms with Gasteiger partial charge in [-0.15, -0.1) is 17.5 Å². The second kappa shape index (κ2) is 9.29. The zero-order chi connectivity index (χ0) is 23.3. The Morgan fingerprint density at radius 3 is 2.80 bits per heavy atom. The molecular formula is C23H25ClF2N6O3. The van der Waals surface area contributed by atoms with Crippen molar-refractivity contribution < 1.29 is 18.3 Å². The van der Waals surface area contributed by atoms with E-state index in [1.807, 2.05) is 11.0 Å². The number of piperidine rings is 1. The van der Waals surface area contributed by atoms with E-state index in [-0.39, 0.29) is 48.2 Å². The molecule has 12 heteroatoms. The number of alkyl halides is 1. The molecule has 6 rings (SSSR count). The lowest BCUT2D eigenvalue weighted by Crippen LogP contribution is -2.47. The van der Waals surface area contributed by atoms with Crippen LogP contribution in [-0.4, -0.2) is 63.5 Å². The number of aromatic nitrogens is 4. The summed E-state index contributed by atoms with van der Waals surface area (Å²) in [5.74, 6) is 0.321. The van der Waals surface area contributed by atoms with Gasteiger partial charge in [0.05, 0.1) is 35.0 Å². The molecule has 1 N–H and O–H groups in total. The van der Waals surface area contributed by atoms with Crippen molar-refractivity contribution in [3.8, 4) is 11.6 Å². The van der Waals surface area contributed by atoms with Crippen LogP contribution in [0.15, 0.2) is 29.2 Å². The van der Waals surface area contributed by atoms with Crippen molar-refractivity contribution in [1.29, 1.82) is 0 Å². The second-order valence-electron chi connectivity index (χ2n) is 9.07. The maximum atomic E-state index is 16.2. The Labute approximate surface area is 205 Å². The second-order valence-corrected chi connectivity index (χ2v) is 9.07. The van der Waals surface area contributed by atoms with Gasteiger partial charge < -0.3 is 19.4 Å². The molecule has 186 valence electrons. The average Bonchev–Trinajstić information content (AvgIpc) is 3.17. The van der Waals surface area contributed by atoms with Crippen LogP contribution in [0.2, 0.25) is 0 Å². The predicted molar refractivity (Wildman–Crippen MR) is 125 cm³/mol. The lowest BCUT2D eigenvalue weighted by Gasteiger charge is -2.36. The molecule has 1 fully saturated rings. The van der Waals surface area contributed by atoms with Crippen LogP contribution in [0.25, 0.3) is 11.0 Å². The normalized spacial score (nSPS) is 21.8. The summed E-state index contributed by atoms with van der Waals surface area (Å²) >= 11 is 0. The van der Waals surface area contributed by atoms with E-state index in [0.29, 0.717) is 50.0 Å². The SMILES string of the molecule is Cl.O=c1ccc2ncc(F)c3c2n1CC3(F)CN1CCC(NCc2cc3c(nn2)OCCO3)CC1. The van der Waals surface area contributed by atoms with E-state index >= 15 is 4.39 Å². The van der Waals surface area contributed by atoms with Crippen LogP contribution in [0.3, 0.4) is 0 Å². The van der Waals surface area contributed by atoms with Crippen LogP contribution in [0.4, 0.5) is 8.78 Å². The Hall–Kier alpha value is -2.89. The third-order valence-corrected chi connectivity index (χ3v) is 6.80. The minimum atomic E-state index is -1.97. The van der Waals surface area contributed by atoms with Crippen LogP contribution in [0.5, 0.6) is 11.6 Å². The minimum Gasteiger partial charge on any atom is -0.484 e. The molecule has 0 spiro atoms. The Kier molecular flexibility index (Phi) is 6.32. The van der Waals surface area contributed by atoms with E-state index in [4.69, 9.17) is 9.47 Å². The van der Waals surface area contributed by atoms with E-state index in [1.54, 1.807) is 0 Å². The summed E-state index contributed by atoms with van der Waals surface area (Å²) in [6.45, 7) is 2.68. The molecule has 0 aliphatic carbocycles. The number of hydrogen-bond donors (Lipinski definition) is 1. The zero-order valence-corrected chi connectivity index (χ0v) is 19.7. The molecule has 0 amide bonds. The van der Waals surface area contributed by atoms with E-state index in [9.17, 15) is 9.18 Å². The molecule has 3 aliphatic heterocycles. The quantitative estimate of drug-likeness (QED) is 0.561. The first-order valence-electron chi connectivity index (χ1n) is 11.5.